The van der Waals surface area contributed by atoms with Crippen LogP contribution in [-0.2, 0) is 13.2 Å². The largest absolute Gasteiger partial charge is 0.489 e. The van der Waals surface area contributed by atoms with E-state index in [1.807, 2.05) is 30.5 Å². The monoisotopic (exact) mass is 277 g/mol. The van der Waals surface area contributed by atoms with Crippen LogP contribution >= 0.6 is 11.8 Å². The van der Waals surface area contributed by atoms with Crippen molar-refractivity contribution in [3.8, 4) is 5.75 Å². The van der Waals surface area contributed by atoms with E-state index in [0.29, 0.717) is 12.1 Å². The maximum absolute atomic E-state index is 13.6. The summed E-state index contributed by atoms with van der Waals surface area (Å²) in [7, 11) is 0. The first-order chi connectivity index (χ1) is 9.22. The molecule has 0 fully saturated rings. The fourth-order valence-corrected chi connectivity index (χ4v) is 2.11. The van der Waals surface area contributed by atoms with Crippen LogP contribution in [0.1, 0.15) is 11.1 Å². The Morgan fingerprint density at radius 1 is 1.16 bits per heavy atom. The smallest absolute Gasteiger partial charge is 0.129 e. The summed E-state index contributed by atoms with van der Waals surface area (Å²) in [6.45, 7) is 0.605. The normalized spacial score (nSPS) is 10.5. The molecule has 0 unspecified atom stereocenters. The molecule has 2 aromatic carbocycles. The maximum Gasteiger partial charge on any atom is 0.129 e. The van der Waals surface area contributed by atoms with Crippen molar-refractivity contribution in [2.75, 3.05) is 6.26 Å². The number of hydrogen-bond donors (Lipinski definition) is 1. The third-order valence-corrected chi connectivity index (χ3v) is 3.54. The van der Waals surface area contributed by atoms with Crippen LogP contribution < -0.4 is 10.5 Å². The average molecular weight is 277 g/mol. The lowest BCUT2D eigenvalue weighted by Gasteiger charge is -2.09. The second-order valence-corrected chi connectivity index (χ2v) is 4.97. The molecule has 2 N–H and O–H groups in total. The molecule has 0 heterocycles. The van der Waals surface area contributed by atoms with Gasteiger partial charge in [0.15, 0.2) is 0 Å². The Morgan fingerprint density at radius 3 is 2.53 bits per heavy atom. The van der Waals surface area contributed by atoms with Gasteiger partial charge in [0.2, 0.25) is 0 Å². The molecule has 100 valence electrons. The highest BCUT2D eigenvalue weighted by atomic mass is 32.2. The van der Waals surface area contributed by atoms with E-state index >= 15 is 0 Å². The lowest BCUT2D eigenvalue weighted by atomic mass is 10.1. The van der Waals surface area contributed by atoms with E-state index in [9.17, 15) is 4.39 Å². The maximum atomic E-state index is 13.6. The molecule has 0 spiro atoms. The van der Waals surface area contributed by atoms with Crippen LogP contribution in [0.25, 0.3) is 0 Å². The zero-order chi connectivity index (χ0) is 13.7. The Labute approximate surface area is 116 Å². The fourth-order valence-electron chi connectivity index (χ4n) is 1.70. The summed E-state index contributed by atoms with van der Waals surface area (Å²) in [5, 5.41) is 0. The summed E-state index contributed by atoms with van der Waals surface area (Å²) >= 11 is 1.67. The number of benzene rings is 2. The summed E-state index contributed by atoms with van der Waals surface area (Å²) in [5.41, 5.74) is 6.97. The van der Waals surface area contributed by atoms with Crippen molar-refractivity contribution in [3.05, 3.63) is 59.4 Å². The highest BCUT2D eigenvalue weighted by Gasteiger charge is 2.04. The molecule has 0 atom stereocenters. The minimum Gasteiger partial charge on any atom is -0.489 e. The van der Waals surface area contributed by atoms with E-state index in [1.54, 1.807) is 23.9 Å². The quantitative estimate of drug-likeness (QED) is 0.848. The van der Waals surface area contributed by atoms with Crippen molar-refractivity contribution in [1.82, 2.24) is 0 Å². The van der Waals surface area contributed by atoms with Crippen LogP contribution in [0.4, 0.5) is 4.39 Å². The van der Waals surface area contributed by atoms with Crippen molar-refractivity contribution < 1.29 is 9.13 Å². The molecular formula is C15H16FNOS. The van der Waals surface area contributed by atoms with Crippen LogP contribution in [-0.4, -0.2) is 6.26 Å². The van der Waals surface area contributed by atoms with Gasteiger partial charge < -0.3 is 10.5 Å². The Bertz CT molecular complexity index is 542. The molecule has 0 amide bonds. The number of hydrogen-bond acceptors (Lipinski definition) is 3. The van der Waals surface area contributed by atoms with Gasteiger partial charge in [-0.1, -0.05) is 6.07 Å². The highest BCUT2D eigenvalue weighted by molar-refractivity contribution is 7.98. The Balaban J connectivity index is 2.05. The molecule has 4 heteroatoms. The molecule has 0 radical (unpaired) electrons. The topological polar surface area (TPSA) is 35.2 Å². The summed E-state index contributed by atoms with van der Waals surface area (Å²) in [6, 6.07) is 12.6. The molecule has 2 rings (SSSR count). The lowest BCUT2D eigenvalue weighted by molar-refractivity contribution is 0.299. The Hall–Kier alpha value is -1.52. The van der Waals surface area contributed by atoms with E-state index < -0.39 is 0 Å². The first-order valence-electron chi connectivity index (χ1n) is 5.97. The van der Waals surface area contributed by atoms with Crippen molar-refractivity contribution in [2.45, 2.75) is 18.0 Å². The first kappa shape index (κ1) is 13.9. The van der Waals surface area contributed by atoms with Crippen LogP contribution in [0.15, 0.2) is 47.4 Å². The van der Waals surface area contributed by atoms with E-state index in [4.69, 9.17) is 10.5 Å². The van der Waals surface area contributed by atoms with Gasteiger partial charge in [-0.3, -0.25) is 0 Å². The SMILES string of the molecule is CSc1ccc(OCc2cc(CN)ccc2F)cc1. The molecule has 0 aliphatic rings. The number of nitrogens with two attached hydrogens (primary N) is 1. The van der Waals surface area contributed by atoms with Crippen LogP contribution in [0, 0.1) is 5.82 Å². The van der Waals surface area contributed by atoms with Gasteiger partial charge in [0.05, 0.1) is 0 Å². The molecule has 0 saturated carbocycles. The standard InChI is InChI=1S/C15H16FNOS/c1-19-14-5-3-13(4-6-14)18-10-12-8-11(9-17)2-7-15(12)16/h2-8H,9-10,17H2,1H3. The second kappa shape index (κ2) is 6.59. The van der Waals surface area contributed by atoms with Crippen molar-refractivity contribution in [2.24, 2.45) is 5.73 Å². The van der Waals surface area contributed by atoms with Gasteiger partial charge in [0.1, 0.15) is 18.2 Å². The molecule has 2 aromatic rings. The van der Waals surface area contributed by atoms with E-state index in [-0.39, 0.29) is 12.4 Å². The van der Waals surface area contributed by atoms with Gasteiger partial charge >= 0.3 is 0 Å². The third kappa shape index (κ3) is 3.72. The summed E-state index contributed by atoms with van der Waals surface area (Å²) in [5.74, 6) is 0.466. The van der Waals surface area contributed by atoms with Crippen molar-refractivity contribution in [3.63, 3.8) is 0 Å². The summed E-state index contributed by atoms with van der Waals surface area (Å²) < 4.78 is 19.2. The van der Waals surface area contributed by atoms with Crippen molar-refractivity contribution >= 4 is 11.8 Å². The minimum atomic E-state index is -0.266. The van der Waals surface area contributed by atoms with Gasteiger partial charge in [-0.15, -0.1) is 11.8 Å². The zero-order valence-electron chi connectivity index (χ0n) is 10.7. The fraction of sp³-hybridized carbons (Fsp3) is 0.200. The predicted molar refractivity (Wildman–Crippen MR) is 76.8 cm³/mol. The number of ether oxygens (including phenoxy) is 1. The van der Waals surface area contributed by atoms with Gasteiger partial charge in [-0.05, 0) is 48.2 Å². The molecule has 2 nitrogen and oxygen atoms in total. The van der Waals surface area contributed by atoms with Crippen LogP contribution in [0.5, 0.6) is 5.75 Å². The zero-order valence-corrected chi connectivity index (χ0v) is 11.5. The van der Waals surface area contributed by atoms with Crippen LogP contribution in [0.2, 0.25) is 0 Å². The first-order valence-corrected chi connectivity index (χ1v) is 7.19. The van der Waals surface area contributed by atoms with E-state index in [0.717, 1.165) is 11.3 Å². The van der Waals surface area contributed by atoms with Crippen molar-refractivity contribution in [1.29, 1.82) is 0 Å². The van der Waals surface area contributed by atoms with E-state index in [1.165, 1.54) is 11.0 Å². The predicted octanol–water partition coefficient (Wildman–Crippen LogP) is 3.59. The molecule has 0 bridgehead atoms. The summed E-state index contributed by atoms with van der Waals surface area (Å²) in [6.07, 6.45) is 2.02. The van der Waals surface area contributed by atoms with Gasteiger partial charge in [0.25, 0.3) is 0 Å². The number of halogens is 1. The van der Waals surface area contributed by atoms with Crippen LogP contribution in [0.3, 0.4) is 0 Å². The molecule has 0 aliphatic heterocycles. The molecule has 19 heavy (non-hydrogen) atoms. The molecular weight excluding hydrogens is 261 g/mol. The Morgan fingerprint density at radius 2 is 1.89 bits per heavy atom. The Kier molecular flexibility index (Phi) is 4.82. The van der Waals surface area contributed by atoms with Gasteiger partial charge in [0, 0.05) is 17.0 Å². The lowest BCUT2D eigenvalue weighted by Crippen LogP contribution is -2.02. The second-order valence-electron chi connectivity index (χ2n) is 4.09. The van der Waals surface area contributed by atoms with Gasteiger partial charge in [-0.2, -0.15) is 0 Å². The summed E-state index contributed by atoms with van der Waals surface area (Å²) in [4.78, 5) is 1.17. The molecule has 0 aromatic heterocycles. The molecule has 0 aliphatic carbocycles. The molecule has 0 saturated heterocycles. The number of rotatable bonds is 5. The highest BCUT2D eigenvalue weighted by Crippen LogP contribution is 2.20. The van der Waals surface area contributed by atoms with E-state index in [2.05, 4.69) is 0 Å². The number of thioether (sulfide) groups is 1. The average Bonchev–Trinajstić information content (AvgIpc) is 2.47. The minimum absolute atomic E-state index is 0.207. The third-order valence-electron chi connectivity index (χ3n) is 2.80. The van der Waals surface area contributed by atoms with Gasteiger partial charge in [-0.25, -0.2) is 4.39 Å².